The summed E-state index contributed by atoms with van der Waals surface area (Å²) in [5.41, 5.74) is 5.23. The number of benzene rings is 2. The van der Waals surface area contributed by atoms with E-state index in [0.29, 0.717) is 18.7 Å². The fraction of sp³-hybridized carbons (Fsp3) is 0.269. The molecule has 2 aromatic heterocycles. The minimum Gasteiger partial charge on any atom is -0.368 e. The number of aromatic nitrogens is 3. The van der Waals surface area contributed by atoms with Gasteiger partial charge < -0.3 is 9.80 Å². The van der Waals surface area contributed by atoms with E-state index in [1.807, 2.05) is 64.0 Å². The molecule has 168 valence electrons. The molecule has 0 spiro atoms. The van der Waals surface area contributed by atoms with Crippen molar-refractivity contribution in [3.05, 3.63) is 83.1 Å². The molecule has 1 aliphatic rings. The summed E-state index contributed by atoms with van der Waals surface area (Å²) in [5.74, 6) is 0.126. The molecule has 33 heavy (non-hydrogen) atoms. The lowest BCUT2D eigenvalue weighted by molar-refractivity contribution is 0.0744. The first-order valence-electron chi connectivity index (χ1n) is 11.2. The van der Waals surface area contributed by atoms with Gasteiger partial charge in [-0.3, -0.25) is 4.79 Å². The van der Waals surface area contributed by atoms with Crippen molar-refractivity contribution in [3.8, 4) is 11.3 Å². The lowest BCUT2D eigenvalue weighted by Gasteiger charge is -2.36. The van der Waals surface area contributed by atoms with Gasteiger partial charge in [0.05, 0.1) is 17.0 Å². The predicted octanol–water partition coefficient (Wildman–Crippen LogP) is 5.14. The lowest BCUT2D eigenvalue weighted by Crippen LogP contribution is -2.49. The molecule has 5 rings (SSSR count). The SMILES string of the molecule is CC(C)c1c(C(=O)N2CCN(c3cccc(Cl)c3)CC2)cnc2cc(-c3ccccc3)nn12. The molecule has 6 nitrogen and oxygen atoms in total. The van der Waals surface area contributed by atoms with E-state index in [1.165, 1.54) is 0 Å². The number of fused-ring (bicyclic) bond motifs is 1. The second-order valence-electron chi connectivity index (χ2n) is 8.64. The van der Waals surface area contributed by atoms with Crippen LogP contribution in [-0.4, -0.2) is 51.6 Å². The molecular formula is C26H26ClN5O. The fourth-order valence-corrected chi connectivity index (χ4v) is 4.62. The third-order valence-corrected chi connectivity index (χ3v) is 6.34. The molecule has 2 aromatic carbocycles. The molecule has 0 N–H and O–H groups in total. The Kier molecular flexibility index (Phi) is 5.77. The molecule has 4 aromatic rings. The van der Waals surface area contributed by atoms with Crippen LogP contribution in [0.5, 0.6) is 0 Å². The first-order valence-corrected chi connectivity index (χ1v) is 11.6. The van der Waals surface area contributed by atoms with Crippen LogP contribution >= 0.6 is 11.6 Å². The highest BCUT2D eigenvalue weighted by atomic mass is 35.5. The fourth-order valence-electron chi connectivity index (χ4n) is 4.43. The van der Waals surface area contributed by atoms with E-state index in [4.69, 9.17) is 16.7 Å². The average molecular weight is 460 g/mol. The van der Waals surface area contributed by atoms with Crippen LogP contribution in [0.15, 0.2) is 66.9 Å². The summed E-state index contributed by atoms with van der Waals surface area (Å²) < 4.78 is 1.84. The summed E-state index contributed by atoms with van der Waals surface area (Å²) >= 11 is 6.15. The third-order valence-electron chi connectivity index (χ3n) is 6.11. The summed E-state index contributed by atoms with van der Waals surface area (Å²) in [6.45, 7) is 7.00. The molecule has 0 bridgehead atoms. The van der Waals surface area contributed by atoms with Crippen molar-refractivity contribution in [2.75, 3.05) is 31.1 Å². The molecule has 7 heteroatoms. The Morgan fingerprint density at radius 1 is 0.970 bits per heavy atom. The van der Waals surface area contributed by atoms with Gasteiger partial charge in [0, 0.05) is 54.7 Å². The Balaban J connectivity index is 1.42. The molecule has 3 heterocycles. The Hall–Kier alpha value is -3.38. The van der Waals surface area contributed by atoms with E-state index < -0.39 is 0 Å². The van der Waals surface area contributed by atoms with Gasteiger partial charge in [-0.15, -0.1) is 0 Å². The molecule has 0 radical (unpaired) electrons. The number of hydrogen-bond donors (Lipinski definition) is 0. The second kappa shape index (κ2) is 8.87. The maximum Gasteiger partial charge on any atom is 0.257 e. The topological polar surface area (TPSA) is 53.7 Å². The number of carbonyl (C=O) groups excluding carboxylic acids is 1. The molecule has 0 aliphatic carbocycles. The van der Waals surface area contributed by atoms with E-state index in [1.54, 1.807) is 6.20 Å². The molecule has 1 fully saturated rings. The maximum absolute atomic E-state index is 13.5. The third kappa shape index (κ3) is 4.18. The Morgan fingerprint density at radius 2 is 1.73 bits per heavy atom. The zero-order chi connectivity index (χ0) is 22.9. The molecule has 0 saturated carbocycles. The van der Waals surface area contributed by atoms with Gasteiger partial charge in [0.15, 0.2) is 5.65 Å². The highest BCUT2D eigenvalue weighted by molar-refractivity contribution is 6.30. The van der Waals surface area contributed by atoms with Crippen LogP contribution in [0.2, 0.25) is 5.02 Å². The molecule has 1 amide bonds. The van der Waals surface area contributed by atoms with Gasteiger partial charge in [-0.2, -0.15) is 5.10 Å². The summed E-state index contributed by atoms with van der Waals surface area (Å²) in [6, 6.07) is 19.9. The van der Waals surface area contributed by atoms with Crippen LogP contribution in [-0.2, 0) is 0 Å². The van der Waals surface area contributed by atoms with E-state index in [0.717, 1.165) is 46.4 Å². The number of piperazine rings is 1. The average Bonchev–Trinajstić information content (AvgIpc) is 3.28. The second-order valence-corrected chi connectivity index (χ2v) is 9.07. The zero-order valence-corrected chi connectivity index (χ0v) is 19.5. The summed E-state index contributed by atoms with van der Waals surface area (Å²) in [5, 5.41) is 5.54. The lowest BCUT2D eigenvalue weighted by atomic mass is 10.0. The smallest absolute Gasteiger partial charge is 0.257 e. The van der Waals surface area contributed by atoms with E-state index >= 15 is 0 Å². The normalized spacial score (nSPS) is 14.3. The van der Waals surface area contributed by atoms with Crippen LogP contribution < -0.4 is 4.90 Å². The minimum atomic E-state index is 0.00982. The molecule has 1 aliphatic heterocycles. The summed E-state index contributed by atoms with van der Waals surface area (Å²) in [6.07, 6.45) is 1.72. The number of hydrogen-bond acceptors (Lipinski definition) is 4. The predicted molar refractivity (Wildman–Crippen MR) is 132 cm³/mol. The number of carbonyl (C=O) groups is 1. The largest absolute Gasteiger partial charge is 0.368 e. The van der Waals surface area contributed by atoms with Gasteiger partial charge >= 0.3 is 0 Å². The minimum absolute atomic E-state index is 0.00982. The molecule has 0 atom stereocenters. The van der Waals surface area contributed by atoms with Gasteiger partial charge in [0.2, 0.25) is 0 Å². The van der Waals surface area contributed by atoms with Crippen LogP contribution in [0.3, 0.4) is 0 Å². The van der Waals surface area contributed by atoms with E-state index in [2.05, 4.69) is 29.8 Å². The number of amides is 1. The van der Waals surface area contributed by atoms with Gasteiger partial charge in [-0.25, -0.2) is 9.50 Å². The van der Waals surface area contributed by atoms with Gasteiger partial charge in [-0.05, 0) is 24.1 Å². The van der Waals surface area contributed by atoms with Crippen LogP contribution in [0.4, 0.5) is 5.69 Å². The Morgan fingerprint density at radius 3 is 2.42 bits per heavy atom. The first kappa shape index (κ1) is 21.5. The summed E-state index contributed by atoms with van der Waals surface area (Å²) in [4.78, 5) is 22.3. The van der Waals surface area contributed by atoms with Crippen molar-refractivity contribution in [2.45, 2.75) is 19.8 Å². The van der Waals surface area contributed by atoms with E-state index in [-0.39, 0.29) is 11.8 Å². The zero-order valence-electron chi connectivity index (χ0n) is 18.8. The highest BCUT2D eigenvalue weighted by Crippen LogP contribution is 2.26. The maximum atomic E-state index is 13.5. The number of rotatable bonds is 4. The van der Waals surface area contributed by atoms with Crippen LogP contribution in [0, 0.1) is 0 Å². The van der Waals surface area contributed by atoms with Gasteiger partial charge in [0.25, 0.3) is 5.91 Å². The van der Waals surface area contributed by atoms with Crippen LogP contribution in [0.1, 0.15) is 35.8 Å². The van der Waals surface area contributed by atoms with Crippen molar-refractivity contribution in [1.29, 1.82) is 0 Å². The standard InChI is InChI=1S/C26H26ClN5O/c1-18(2)25-22(17-28-24-16-23(29-32(24)25)19-7-4-3-5-8-19)26(33)31-13-11-30(12-14-31)21-10-6-9-20(27)15-21/h3-10,15-18H,11-14H2,1-2H3. The van der Waals surface area contributed by atoms with Crippen molar-refractivity contribution in [1.82, 2.24) is 19.5 Å². The highest BCUT2D eigenvalue weighted by Gasteiger charge is 2.27. The monoisotopic (exact) mass is 459 g/mol. The van der Waals surface area contributed by atoms with Crippen LogP contribution in [0.25, 0.3) is 16.9 Å². The van der Waals surface area contributed by atoms with Crippen molar-refractivity contribution in [2.24, 2.45) is 0 Å². The van der Waals surface area contributed by atoms with Crippen molar-refractivity contribution in [3.63, 3.8) is 0 Å². The Labute approximate surface area is 198 Å². The van der Waals surface area contributed by atoms with Gasteiger partial charge in [0.1, 0.15) is 0 Å². The number of halogens is 1. The van der Waals surface area contributed by atoms with Gasteiger partial charge in [-0.1, -0.05) is 61.8 Å². The van der Waals surface area contributed by atoms with Crippen molar-refractivity contribution < 1.29 is 4.79 Å². The summed E-state index contributed by atoms with van der Waals surface area (Å²) in [7, 11) is 0. The van der Waals surface area contributed by atoms with Crippen molar-refractivity contribution >= 4 is 28.8 Å². The molecular weight excluding hydrogens is 434 g/mol. The molecule has 1 saturated heterocycles. The first-order chi connectivity index (χ1) is 16.0. The quantitative estimate of drug-likeness (QED) is 0.424. The number of nitrogens with zero attached hydrogens (tertiary/aromatic N) is 5. The Bertz CT molecular complexity index is 1290. The van der Waals surface area contributed by atoms with E-state index in [9.17, 15) is 4.79 Å². The number of anilines is 1. The molecule has 0 unspecified atom stereocenters.